The number of sulfonamides is 1. The highest BCUT2D eigenvalue weighted by Crippen LogP contribution is 2.44. The van der Waals surface area contributed by atoms with E-state index in [0.29, 0.717) is 0 Å². The van der Waals surface area contributed by atoms with Crippen molar-refractivity contribution in [2.75, 3.05) is 0 Å². The van der Waals surface area contributed by atoms with Gasteiger partial charge in [0.25, 0.3) is 0 Å². The molecule has 0 unspecified atom stereocenters. The van der Waals surface area contributed by atoms with Crippen LogP contribution in [0, 0.1) is 6.92 Å². The number of ketones is 1. The number of carbonyl (C=O) groups excluding carboxylic acids is 2. The van der Waals surface area contributed by atoms with Crippen molar-refractivity contribution in [2.45, 2.75) is 44.0 Å². The first-order chi connectivity index (χ1) is 15.5. The van der Waals surface area contributed by atoms with Gasteiger partial charge in [0.1, 0.15) is 11.8 Å². The lowest BCUT2D eigenvalue weighted by molar-refractivity contribution is -0.135. The molecule has 2 aliphatic rings. The second kappa shape index (κ2) is 8.20. The van der Waals surface area contributed by atoms with Crippen LogP contribution in [0.2, 0.25) is 0 Å². The Morgan fingerprint density at radius 1 is 1.09 bits per heavy atom. The molecule has 7 nitrogen and oxygen atoms in total. The Morgan fingerprint density at radius 3 is 2.48 bits per heavy atom. The molecule has 0 spiro atoms. The van der Waals surface area contributed by atoms with Crippen LogP contribution in [-0.4, -0.2) is 31.9 Å². The average molecular weight is 465 g/mol. The van der Waals surface area contributed by atoms with E-state index in [1.807, 2.05) is 20.8 Å². The highest BCUT2D eigenvalue weighted by atomic mass is 32.2. The first-order valence-electron chi connectivity index (χ1n) is 10.5. The number of allylic oxidation sites excluding steroid dienone is 4. The highest BCUT2D eigenvalue weighted by molar-refractivity contribution is 7.89. The van der Waals surface area contributed by atoms with E-state index in [9.17, 15) is 18.0 Å². The SMILES string of the molecule is Cc1ccc(S(=O)(=O)N[C@@H](C)C(=O)Oc2ccc3c(c2)C(C)(C)C2=CC(=O)C=CC2=N3)cc1. The third-order valence-electron chi connectivity index (χ3n) is 5.76. The van der Waals surface area contributed by atoms with Crippen LogP contribution in [0.4, 0.5) is 5.69 Å². The fourth-order valence-corrected chi connectivity index (χ4v) is 5.03. The summed E-state index contributed by atoms with van der Waals surface area (Å²) in [7, 11) is -3.88. The van der Waals surface area contributed by atoms with Gasteiger partial charge in [-0.15, -0.1) is 0 Å². The van der Waals surface area contributed by atoms with Gasteiger partial charge < -0.3 is 4.74 Å². The van der Waals surface area contributed by atoms with Crippen molar-refractivity contribution in [1.29, 1.82) is 0 Å². The molecule has 33 heavy (non-hydrogen) atoms. The smallest absolute Gasteiger partial charge is 0.329 e. The number of nitrogens with zero attached hydrogens (tertiary/aromatic N) is 1. The summed E-state index contributed by atoms with van der Waals surface area (Å²) in [6, 6.07) is 10.3. The molecular weight excluding hydrogens is 440 g/mol. The van der Waals surface area contributed by atoms with Gasteiger partial charge in [-0.1, -0.05) is 31.5 Å². The van der Waals surface area contributed by atoms with E-state index in [1.165, 1.54) is 25.1 Å². The molecule has 0 aromatic heterocycles. The minimum absolute atomic E-state index is 0.0706. The second-order valence-electron chi connectivity index (χ2n) is 8.67. The molecule has 1 aliphatic carbocycles. The van der Waals surface area contributed by atoms with Crippen molar-refractivity contribution in [3.63, 3.8) is 0 Å². The monoisotopic (exact) mass is 464 g/mol. The van der Waals surface area contributed by atoms with Crippen LogP contribution in [0.25, 0.3) is 0 Å². The van der Waals surface area contributed by atoms with E-state index in [0.717, 1.165) is 28.1 Å². The number of nitrogens with one attached hydrogen (secondary N) is 1. The van der Waals surface area contributed by atoms with E-state index < -0.39 is 27.4 Å². The molecule has 1 heterocycles. The number of aliphatic imine (C=N–C) groups is 1. The second-order valence-corrected chi connectivity index (χ2v) is 10.4. The van der Waals surface area contributed by atoms with Crippen LogP contribution in [0.5, 0.6) is 5.75 Å². The van der Waals surface area contributed by atoms with Crippen LogP contribution in [0.1, 0.15) is 31.9 Å². The zero-order valence-electron chi connectivity index (χ0n) is 18.7. The Kier molecular flexibility index (Phi) is 5.67. The third-order valence-corrected chi connectivity index (χ3v) is 7.32. The fourth-order valence-electron chi connectivity index (χ4n) is 3.84. The van der Waals surface area contributed by atoms with Gasteiger partial charge in [-0.25, -0.2) is 18.2 Å². The Bertz CT molecular complexity index is 1350. The summed E-state index contributed by atoms with van der Waals surface area (Å²) < 4.78 is 33.0. The number of hydrogen-bond acceptors (Lipinski definition) is 6. The standard InChI is InChI=1S/C25H24N2O5S/c1-15-5-9-19(10-6-15)33(30,31)27-16(2)24(29)32-18-8-12-23-21(14-18)25(3,4)20-13-17(28)7-11-22(20)26-23/h5-14,16,27H,1-4H3/t16-/m0/s1. The predicted molar refractivity (Wildman–Crippen MR) is 125 cm³/mol. The van der Waals surface area contributed by atoms with Crippen LogP contribution < -0.4 is 9.46 Å². The van der Waals surface area contributed by atoms with Crippen molar-refractivity contribution in [3.8, 4) is 5.75 Å². The van der Waals surface area contributed by atoms with Crippen LogP contribution >= 0.6 is 0 Å². The lowest BCUT2D eigenvalue weighted by Crippen LogP contribution is -2.40. The summed E-state index contributed by atoms with van der Waals surface area (Å²) in [5.41, 5.74) is 3.45. The predicted octanol–water partition coefficient (Wildman–Crippen LogP) is 3.70. The topological polar surface area (TPSA) is 102 Å². The molecule has 1 N–H and O–H groups in total. The molecule has 2 aromatic carbocycles. The lowest BCUT2D eigenvalue weighted by Gasteiger charge is -2.34. The van der Waals surface area contributed by atoms with Gasteiger partial charge in [0.15, 0.2) is 5.78 Å². The quantitative estimate of drug-likeness (QED) is 0.413. The van der Waals surface area contributed by atoms with Gasteiger partial charge in [-0.05, 0) is 73.5 Å². The molecule has 4 rings (SSSR count). The largest absolute Gasteiger partial charge is 0.425 e. The van der Waals surface area contributed by atoms with Gasteiger partial charge in [0.2, 0.25) is 10.0 Å². The number of rotatable bonds is 5. The minimum atomic E-state index is -3.88. The number of carbonyl (C=O) groups is 2. The average Bonchev–Trinajstić information content (AvgIpc) is 2.75. The minimum Gasteiger partial charge on any atom is -0.425 e. The molecule has 0 fully saturated rings. The summed E-state index contributed by atoms with van der Waals surface area (Å²) in [6.45, 7) is 7.23. The molecule has 0 bridgehead atoms. The Morgan fingerprint density at radius 2 is 1.79 bits per heavy atom. The fraction of sp³-hybridized carbons (Fsp3) is 0.240. The van der Waals surface area contributed by atoms with Crippen molar-refractivity contribution in [3.05, 3.63) is 77.4 Å². The molecule has 1 aliphatic heterocycles. The Labute approximate surface area is 192 Å². The summed E-state index contributed by atoms with van der Waals surface area (Å²) in [5.74, 6) is -0.568. The maximum atomic E-state index is 12.6. The third kappa shape index (κ3) is 4.44. The zero-order valence-corrected chi connectivity index (χ0v) is 19.6. The number of esters is 1. The van der Waals surface area contributed by atoms with Crippen LogP contribution in [0.15, 0.2) is 76.2 Å². The molecule has 2 aromatic rings. The molecule has 8 heteroatoms. The van der Waals surface area contributed by atoms with E-state index in [2.05, 4.69) is 9.71 Å². The molecule has 0 radical (unpaired) electrons. The van der Waals surface area contributed by atoms with Gasteiger partial charge in [-0.3, -0.25) is 4.79 Å². The van der Waals surface area contributed by atoms with E-state index >= 15 is 0 Å². The lowest BCUT2D eigenvalue weighted by atomic mass is 9.71. The van der Waals surface area contributed by atoms with E-state index in [1.54, 1.807) is 42.5 Å². The summed E-state index contributed by atoms with van der Waals surface area (Å²) in [5, 5.41) is 0. The number of aryl methyl sites for hydroxylation is 1. The van der Waals surface area contributed by atoms with Crippen LogP contribution in [-0.2, 0) is 25.0 Å². The van der Waals surface area contributed by atoms with Crippen molar-refractivity contribution >= 4 is 33.2 Å². The number of benzene rings is 2. The number of ether oxygens (including phenoxy) is 1. The molecule has 0 amide bonds. The molecular formula is C25H24N2O5S. The van der Waals surface area contributed by atoms with Gasteiger partial charge in [-0.2, -0.15) is 4.72 Å². The highest BCUT2D eigenvalue weighted by Gasteiger charge is 2.36. The van der Waals surface area contributed by atoms with Crippen molar-refractivity contribution < 1.29 is 22.7 Å². The van der Waals surface area contributed by atoms with Gasteiger partial charge in [0, 0.05) is 5.41 Å². The first kappa shape index (κ1) is 22.8. The Balaban J connectivity index is 1.54. The summed E-state index contributed by atoms with van der Waals surface area (Å²) >= 11 is 0. The molecule has 170 valence electrons. The maximum absolute atomic E-state index is 12.6. The van der Waals surface area contributed by atoms with Gasteiger partial charge in [0.05, 0.1) is 16.3 Å². The molecule has 0 saturated carbocycles. The maximum Gasteiger partial charge on any atom is 0.329 e. The van der Waals surface area contributed by atoms with Gasteiger partial charge >= 0.3 is 5.97 Å². The molecule has 0 saturated heterocycles. The number of fused-ring (bicyclic) bond motifs is 2. The van der Waals surface area contributed by atoms with Crippen LogP contribution in [0.3, 0.4) is 0 Å². The Hall–Kier alpha value is -3.36. The summed E-state index contributed by atoms with van der Waals surface area (Å²) in [4.78, 5) is 29.2. The van der Waals surface area contributed by atoms with E-state index in [4.69, 9.17) is 4.74 Å². The van der Waals surface area contributed by atoms with Crippen molar-refractivity contribution in [1.82, 2.24) is 4.72 Å². The summed E-state index contributed by atoms with van der Waals surface area (Å²) in [6.07, 6.45) is 4.76. The van der Waals surface area contributed by atoms with Crippen molar-refractivity contribution in [2.24, 2.45) is 4.99 Å². The normalized spacial score (nSPS) is 17.4. The number of hydrogen-bond donors (Lipinski definition) is 1. The zero-order chi connectivity index (χ0) is 24.0. The first-order valence-corrected chi connectivity index (χ1v) is 11.9. The van der Waals surface area contributed by atoms with E-state index in [-0.39, 0.29) is 16.4 Å². The molecule has 1 atom stereocenters.